The van der Waals surface area contributed by atoms with E-state index >= 15 is 0 Å². The average Bonchev–Trinajstić information content (AvgIpc) is 2.80. The quantitative estimate of drug-likeness (QED) is 0.923. The van der Waals surface area contributed by atoms with Crippen LogP contribution in [-0.4, -0.2) is 29.0 Å². The van der Waals surface area contributed by atoms with E-state index < -0.39 is 12.1 Å². The molecule has 0 amide bonds. The minimum atomic E-state index is -4.09. The van der Waals surface area contributed by atoms with Crippen LogP contribution < -0.4 is 5.32 Å². The van der Waals surface area contributed by atoms with Gasteiger partial charge in [-0.25, -0.2) is 0 Å². The van der Waals surface area contributed by atoms with Gasteiger partial charge in [0.25, 0.3) is 0 Å². The van der Waals surface area contributed by atoms with E-state index in [9.17, 15) is 13.2 Å². The molecular weight excluding hydrogens is 267 g/mol. The summed E-state index contributed by atoms with van der Waals surface area (Å²) in [6.07, 6.45) is 2.60. The molecule has 0 aliphatic heterocycles. The van der Waals surface area contributed by atoms with Gasteiger partial charge < -0.3 is 5.32 Å². The predicted octanol–water partition coefficient (Wildman–Crippen LogP) is 2.92. The second-order valence-corrected chi connectivity index (χ2v) is 5.72. The number of alkyl halides is 3. The van der Waals surface area contributed by atoms with E-state index in [1.54, 1.807) is 17.9 Å². The Morgan fingerprint density at radius 3 is 2.65 bits per heavy atom. The average molecular weight is 289 g/mol. The van der Waals surface area contributed by atoms with Crippen LogP contribution in [0.25, 0.3) is 0 Å². The van der Waals surface area contributed by atoms with Crippen LogP contribution >= 0.6 is 0 Å². The molecule has 1 fully saturated rings. The van der Waals surface area contributed by atoms with Crippen molar-refractivity contribution >= 4 is 0 Å². The number of likely N-dealkylation sites (N-methyl/N-ethyl adjacent to an activating group) is 1. The van der Waals surface area contributed by atoms with Gasteiger partial charge in [0.1, 0.15) is 0 Å². The van der Waals surface area contributed by atoms with Crippen molar-refractivity contribution in [3.63, 3.8) is 0 Å². The molecule has 0 saturated heterocycles. The third kappa shape index (κ3) is 3.53. The molecule has 6 heteroatoms. The maximum atomic E-state index is 13.2. The molecule has 3 nitrogen and oxygen atoms in total. The fourth-order valence-electron chi connectivity index (χ4n) is 3.35. The Labute approximate surface area is 117 Å². The largest absolute Gasteiger partial charge is 0.392 e. The summed E-state index contributed by atoms with van der Waals surface area (Å²) in [7, 11) is 3.57. The molecule has 0 radical (unpaired) electrons. The lowest BCUT2D eigenvalue weighted by molar-refractivity contribution is -0.199. The number of aryl methyl sites for hydroxylation is 1. The van der Waals surface area contributed by atoms with E-state index in [2.05, 4.69) is 10.4 Å². The number of hydrogen-bond donors (Lipinski definition) is 1. The zero-order chi connectivity index (χ0) is 14.8. The highest BCUT2D eigenvalue weighted by molar-refractivity contribution is 5.07. The van der Waals surface area contributed by atoms with Crippen LogP contribution in [0.1, 0.15) is 31.2 Å². The molecule has 0 aromatic carbocycles. The highest BCUT2D eigenvalue weighted by Gasteiger charge is 2.47. The van der Waals surface area contributed by atoms with Gasteiger partial charge in [0.15, 0.2) is 0 Å². The molecular formula is C14H22F3N3. The van der Waals surface area contributed by atoms with Gasteiger partial charge in [-0.3, -0.25) is 4.68 Å². The maximum absolute atomic E-state index is 13.2. The lowest BCUT2D eigenvalue weighted by atomic mass is 9.73. The molecule has 0 bridgehead atoms. The standard InChI is InChI=1S/C14H22F3N3/c1-18-13(7-10-8-19-20(2)9-10)11-5-3-4-6-12(11)14(15,16)17/h8-9,11-13,18H,3-7H2,1-2H3. The van der Waals surface area contributed by atoms with Crippen LogP contribution in [0.2, 0.25) is 0 Å². The first-order chi connectivity index (χ1) is 9.41. The second-order valence-electron chi connectivity index (χ2n) is 5.72. The van der Waals surface area contributed by atoms with Gasteiger partial charge in [0.05, 0.1) is 12.1 Å². The summed E-state index contributed by atoms with van der Waals surface area (Å²) < 4.78 is 41.2. The molecule has 114 valence electrons. The first kappa shape index (κ1) is 15.4. The fourth-order valence-corrected chi connectivity index (χ4v) is 3.35. The number of rotatable bonds is 4. The number of halogens is 3. The summed E-state index contributed by atoms with van der Waals surface area (Å²) in [4.78, 5) is 0. The number of nitrogens with zero attached hydrogens (tertiary/aromatic N) is 2. The Hall–Kier alpha value is -1.04. The summed E-state index contributed by atoms with van der Waals surface area (Å²) in [5, 5.41) is 7.18. The van der Waals surface area contributed by atoms with Crippen molar-refractivity contribution in [1.82, 2.24) is 15.1 Å². The van der Waals surface area contributed by atoms with Crippen molar-refractivity contribution in [3.05, 3.63) is 18.0 Å². The first-order valence-corrected chi connectivity index (χ1v) is 7.13. The lowest BCUT2D eigenvalue weighted by Gasteiger charge is -2.38. The van der Waals surface area contributed by atoms with Crippen LogP contribution in [0.5, 0.6) is 0 Å². The summed E-state index contributed by atoms with van der Waals surface area (Å²) in [6.45, 7) is 0. The lowest BCUT2D eigenvalue weighted by Crippen LogP contribution is -2.45. The second kappa shape index (κ2) is 6.16. The Morgan fingerprint density at radius 1 is 1.40 bits per heavy atom. The maximum Gasteiger partial charge on any atom is 0.392 e. The van der Waals surface area contributed by atoms with E-state index in [0.717, 1.165) is 12.0 Å². The number of nitrogens with one attached hydrogen (secondary N) is 1. The molecule has 2 rings (SSSR count). The van der Waals surface area contributed by atoms with E-state index in [-0.39, 0.29) is 18.4 Å². The topological polar surface area (TPSA) is 29.9 Å². The van der Waals surface area contributed by atoms with E-state index in [4.69, 9.17) is 0 Å². The molecule has 0 spiro atoms. The molecule has 1 aliphatic carbocycles. The third-order valence-electron chi connectivity index (χ3n) is 4.34. The zero-order valence-corrected chi connectivity index (χ0v) is 12.0. The minimum Gasteiger partial charge on any atom is -0.316 e. The highest BCUT2D eigenvalue weighted by atomic mass is 19.4. The summed E-state index contributed by atoms with van der Waals surface area (Å²) in [6, 6.07) is -0.147. The summed E-state index contributed by atoms with van der Waals surface area (Å²) in [5.74, 6) is -1.51. The van der Waals surface area contributed by atoms with Crippen molar-refractivity contribution in [3.8, 4) is 0 Å². The number of aromatic nitrogens is 2. The fraction of sp³-hybridized carbons (Fsp3) is 0.786. The minimum absolute atomic E-state index is 0.147. The normalized spacial score (nSPS) is 25.6. The Bertz CT molecular complexity index is 428. The predicted molar refractivity (Wildman–Crippen MR) is 71.3 cm³/mol. The molecule has 1 aromatic heterocycles. The van der Waals surface area contributed by atoms with Crippen LogP contribution in [-0.2, 0) is 13.5 Å². The van der Waals surface area contributed by atoms with Crippen LogP contribution in [0.4, 0.5) is 13.2 Å². The molecule has 1 aliphatic rings. The van der Waals surface area contributed by atoms with Crippen molar-refractivity contribution in [2.24, 2.45) is 18.9 Å². The van der Waals surface area contributed by atoms with Gasteiger partial charge in [-0.05, 0) is 37.8 Å². The molecule has 1 aromatic rings. The van der Waals surface area contributed by atoms with Crippen molar-refractivity contribution < 1.29 is 13.2 Å². The van der Waals surface area contributed by atoms with Gasteiger partial charge in [-0.15, -0.1) is 0 Å². The van der Waals surface area contributed by atoms with E-state index in [1.165, 1.54) is 0 Å². The Morgan fingerprint density at radius 2 is 2.10 bits per heavy atom. The zero-order valence-electron chi connectivity index (χ0n) is 12.0. The van der Waals surface area contributed by atoms with Gasteiger partial charge >= 0.3 is 6.18 Å². The SMILES string of the molecule is CNC(Cc1cnn(C)c1)C1CCCCC1C(F)(F)F. The van der Waals surface area contributed by atoms with E-state index in [1.807, 2.05) is 13.2 Å². The smallest absolute Gasteiger partial charge is 0.316 e. The summed E-state index contributed by atoms with van der Waals surface area (Å²) >= 11 is 0. The van der Waals surface area contributed by atoms with Gasteiger partial charge in [0, 0.05) is 19.3 Å². The van der Waals surface area contributed by atoms with Gasteiger partial charge in [0.2, 0.25) is 0 Å². The molecule has 3 unspecified atom stereocenters. The molecule has 1 N–H and O–H groups in total. The van der Waals surface area contributed by atoms with Crippen molar-refractivity contribution in [2.75, 3.05) is 7.05 Å². The van der Waals surface area contributed by atoms with Gasteiger partial charge in [-0.1, -0.05) is 12.8 Å². The van der Waals surface area contributed by atoms with Crippen molar-refractivity contribution in [1.29, 1.82) is 0 Å². The third-order valence-corrected chi connectivity index (χ3v) is 4.34. The number of hydrogen-bond acceptors (Lipinski definition) is 2. The molecule has 3 atom stereocenters. The van der Waals surface area contributed by atoms with Crippen LogP contribution in [0.15, 0.2) is 12.4 Å². The molecule has 20 heavy (non-hydrogen) atoms. The monoisotopic (exact) mass is 289 g/mol. The van der Waals surface area contributed by atoms with Crippen LogP contribution in [0, 0.1) is 11.8 Å². The first-order valence-electron chi connectivity index (χ1n) is 7.13. The Balaban J connectivity index is 2.11. The van der Waals surface area contributed by atoms with Crippen molar-refractivity contribution in [2.45, 2.75) is 44.3 Å². The van der Waals surface area contributed by atoms with E-state index in [0.29, 0.717) is 19.3 Å². The Kier molecular flexibility index (Phi) is 4.73. The summed E-state index contributed by atoms with van der Waals surface area (Å²) in [5.41, 5.74) is 0.985. The van der Waals surface area contributed by atoms with Crippen LogP contribution in [0.3, 0.4) is 0 Å². The molecule has 1 saturated carbocycles. The molecule has 1 heterocycles. The highest BCUT2D eigenvalue weighted by Crippen LogP contribution is 2.43. The van der Waals surface area contributed by atoms with Gasteiger partial charge in [-0.2, -0.15) is 18.3 Å².